The lowest BCUT2D eigenvalue weighted by molar-refractivity contribution is -0.122. The van der Waals surface area contributed by atoms with E-state index in [0.29, 0.717) is 19.8 Å². The summed E-state index contributed by atoms with van der Waals surface area (Å²) < 4.78 is 10.5. The minimum atomic E-state index is -0.626. The quantitative estimate of drug-likeness (QED) is 0.524. The lowest BCUT2D eigenvalue weighted by Crippen LogP contribution is -2.40. The number of rotatable bonds is 8. The summed E-state index contributed by atoms with van der Waals surface area (Å²) in [6.45, 7) is 1.51. The first kappa shape index (κ1) is 14.3. The van der Waals surface area contributed by atoms with Crippen molar-refractivity contribution in [3.05, 3.63) is 24.2 Å². The van der Waals surface area contributed by atoms with Crippen molar-refractivity contribution >= 4 is 5.91 Å². The number of terminal acetylenes is 1. The highest BCUT2D eigenvalue weighted by molar-refractivity contribution is 5.81. The molecule has 98 valence electrons. The second-order valence-electron chi connectivity index (χ2n) is 3.79. The Morgan fingerprint density at radius 3 is 3.17 bits per heavy atom. The van der Waals surface area contributed by atoms with Gasteiger partial charge in [-0.3, -0.25) is 4.79 Å². The number of furan rings is 1. The van der Waals surface area contributed by atoms with Crippen molar-refractivity contribution in [1.82, 2.24) is 5.32 Å². The number of hydrogen-bond acceptors (Lipinski definition) is 4. The van der Waals surface area contributed by atoms with Gasteiger partial charge in [0.2, 0.25) is 5.91 Å². The number of carbonyl (C=O) groups excluding carboxylic acids is 1. The molecule has 0 radical (unpaired) electrons. The number of ether oxygens (including phenoxy) is 1. The van der Waals surface area contributed by atoms with Crippen LogP contribution in [0.15, 0.2) is 22.8 Å². The SMILES string of the molecule is C#CCC(N)C(=O)NCCCOCc1ccco1. The number of amides is 1. The Kier molecular flexibility index (Phi) is 6.62. The average Bonchev–Trinajstić information content (AvgIpc) is 2.86. The summed E-state index contributed by atoms with van der Waals surface area (Å²) in [5.41, 5.74) is 5.53. The third-order valence-electron chi connectivity index (χ3n) is 2.26. The zero-order valence-electron chi connectivity index (χ0n) is 10.2. The van der Waals surface area contributed by atoms with Gasteiger partial charge in [-0.25, -0.2) is 0 Å². The maximum Gasteiger partial charge on any atom is 0.237 e. The first-order chi connectivity index (χ1) is 8.74. The fourth-order valence-electron chi connectivity index (χ4n) is 1.30. The predicted octanol–water partition coefficient (Wildman–Crippen LogP) is 0.653. The highest BCUT2D eigenvalue weighted by Crippen LogP contribution is 2.01. The summed E-state index contributed by atoms with van der Waals surface area (Å²) in [6, 6.07) is 3.03. The Morgan fingerprint density at radius 1 is 1.67 bits per heavy atom. The fraction of sp³-hybridized carbons (Fsp3) is 0.462. The summed E-state index contributed by atoms with van der Waals surface area (Å²) in [7, 11) is 0. The van der Waals surface area contributed by atoms with Gasteiger partial charge >= 0.3 is 0 Å². The third kappa shape index (κ3) is 5.53. The number of nitrogens with two attached hydrogens (primary N) is 1. The lowest BCUT2D eigenvalue weighted by atomic mass is 10.2. The standard InChI is InChI=1S/C13H18N2O3/c1-2-5-12(14)13(16)15-7-4-8-17-10-11-6-3-9-18-11/h1,3,6,9,12H,4-5,7-8,10,14H2,(H,15,16). The summed E-state index contributed by atoms with van der Waals surface area (Å²) in [5.74, 6) is 2.92. The topological polar surface area (TPSA) is 77.5 Å². The Hall–Kier alpha value is -1.77. The van der Waals surface area contributed by atoms with E-state index in [0.717, 1.165) is 12.2 Å². The van der Waals surface area contributed by atoms with Gasteiger partial charge in [0, 0.05) is 19.6 Å². The first-order valence-electron chi connectivity index (χ1n) is 5.81. The van der Waals surface area contributed by atoms with Crippen molar-refractivity contribution in [2.24, 2.45) is 5.73 Å². The largest absolute Gasteiger partial charge is 0.467 e. The van der Waals surface area contributed by atoms with Crippen LogP contribution in [0.3, 0.4) is 0 Å². The monoisotopic (exact) mass is 250 g/mol. The summed E-state index contributed by atoms with van der Waals surface area (Å²) in [4.78, 5) is 11.4. The van der Waals surface area contributed by atoms with E-state index < -0.39 is 6.04 Å². The van der Waals surface area contributed by atoms with E-state index in [4.69, 9.17) is 21.3 Å². The van der Waals surface area contributed by atoms with Crippen molar-refractivity contribution in [1.29, 1.82) is 0 Å². The van der Waals surface area contributed by atoms with E-state index in [-0.39, 0.29) is 12.3 Å². The molecule has 1 rings (SSSR count). The minimum Gasteiger partial charge on any atom is -0.467 e. The normalized spacial score (nSPS) is 11.8. The Labute approximate surface area is 107 Å². The molecule has 1 unspecified atom stereocenters. The van der Waals surface area contributed by atoms with Crippen LogP contribution < -0.4 is 11.1 Å². The van der Waals surface area contributed by atoms with Crippen molar-refractivity contribution in [3.8, 4) is 12.3 Å². The van der Waals surface area contributed by atoms with Crippen LogP contribution in [-0.4, -0.2) is 25.1 Å². The lowest BCUT2D eigenvalue weighted by Gasteiger charge is -2.09. The molecule has 0 fully saturated rings. The molecular formula is C13H18N2O3. The fourth-order valence-corrected chi connectivity index (χ4v) is 1.30. The van der Waals surface area contributed by atoms with Crippen LogP contribution in [0.1, 0.15) is 18.6 Å². The number of carbonyl (C=O) groups is 1. The molecule has 0 saturated heterocycles. The average molecular weight is 250 g/mol. The third-order valence-corrected chi connectivity index (χ3v) is 2.26. The molecule has 5 heteroatoms. The molecule has 3 N–H and O–H groups in total. The van der Waals surface area contributed by atoms with E-state index in [2.05, 4.69) is 11.2 Å². The molecular weight excluding hydrogens is 232 g/mol. The second-order valence-corrected chi connectivity index (χ2v) is 3.79. The van der Waals surface area contributed by atoms with Crippen LogP contribution in [0.4, 0.5) is 0 Å². The number of hydrogen-bond donors (Lipinski definition) is 2. The molecule has 0 saturated carbocycles. The predicted molar refractivity (Wildman–Crippen MR) is 67.4 cm³/mol. The van der Waals surface area contributed by atoms with Crippen LogP contribution in [0.5, 0.6) is 0 Å². The van der Waals surface area contributed by atoms with Crippen molar-refractivity contribution in [2.45, 2.75) is 25.5 Å². The van der Waals surface area contributed by atoms with Gasteiger partial charge in [0.25, 0.3) is 0 Å². The molecule has 5 nitrogen and oxygen atoms in total. The molecule has 1 amide bonds. The Balaban J connectivity index is 1.98. The van der Waals surface area contributed by atoms with E-state index in [1.807, 2.05) is 12.1 Å². The molecule has 0 aromatic carbocycles. The smallest absolute Gasteiger partial charge is 0.237 e. The van der Waals surface area contributed by atoms with Gasteiger partial charge in [-0.2, -0.15) is 0 Å². The van der Waals surface area contributed by atoms with E-state index in [1.165, 1.54) is 0 Å². The van der Waals surface area contributed by atoms with E-state index in [1.54, 1.807) is 6.26 Å². The van der Waals surface area contributed by atoms with Crippen LogP contribution >= 0.6 is 0 Å². The molecule has 1 aromatic rings. The molecule has 0 aliphatic heterocycles. The number of nitrogens with one attached hydrogen (secondary N) is 1. The molecule has 0 spiro atoms. The van der Waals surface area contributed by atoms with Crippen LogP contribution in [-0.2, 0) is 16.1 Å². The summed E-state index contributed by atoms with van der Waals surface area (Å²) in [6.07, 6.45) is 7.64. The second kappa shape index (κ2) is 8.34. The van der Waals surface area contributed by atoms with Crippen molar-refractivity contribution in [2.75, 3.05) is 13.2 Å². The summed E-state index contributed by atoms with van der Waals surface area (Å²) >= 11 is 0. The van der Waals surface area contributed by atoms with E-state index in [9.17, 15) is 4.79 Å². The molecule has 1 heterocycles. The molecule has 0 bridgehead atoms. The van der Waals surface area contributed by atoms with Crippen molar-refractivity contribution in [3.63, 3.8) is 0 Å². The van der Waals surface area contributed by atoms with Crippen LogP contribution in [0.2, 0.25) is 0 Å². The first-order valence-corrected chi connectivity index (χ1v) is 5.81. The maximum absolute atomic E-state index is 11.4. The molecule has 0 aliphatic carbocycles. The van der Waals surface area contributed by atoms with Gasteiger partial charge in [-0.15, -0.1) is 12.3 Å². The Morgan fingerprint density at radius 2 is 2.50 bits per heavy atom. The highest BCUT2D eigenvalue weighted by Gasteiger charge is 2.10. The van der Waals surface area contributed by atoms with Crippen LogP contribution in [0.25, 0.3) is 0 Å². The highest BCUT2D eigenvalue weighted by atomic mass is 16.5. The van der Waals surface area contributed by atoms with Crippen molar-refractivity contribution < 1.29 is 13.9 Å². The van der Waals surface area contributed by atoms with E-state index >= 15 is 0 Å². The van der Waals surface area contributed by atoms with Gasteiger partial charge in [0.15, 0.2) is 0 Å². The zero-order chi connectivity index (χ0) is 13.2. The molecule has 0 aliphatic rings. The van der Waals surface area contributed by atoms with Gasteiger partial charge in [0.1, 0.15) is 12.4 Å². The maximum atomic E-state index is 11.4. The van der Waals surface area contributed by atoms with Gasteiger partial charge < -0.3 is 20.2 Å². The summed E-state index contributed by atoms with van der Waals surface area (Å²) in [5, 5.41) is 2.70. The van der Waals surface area contributed by atoms with Gasteiger partial charge in [0.05, 0.1) is 12.3 Å². The molecule has 18 heavy (non-hydrogen) atoms. The molecule has 1 atom stereocenters. The van der Waals surface area contributed by atoms with Gasteiger partial charge in [-0.1, -0.05) is 0 Å². The molecule has 1 aromatic heterocycles. The zero-order valence-corrected chi connectivity index (χ0v) is 10.2. The minimum absolute atomic E-state index is 0.223. The van der Waals surface area contributed by atoms with Crippen LogP contribution in [0, 0.1) is 12.3 Å². The van der Waals surface area contributed by atoms with Gasteiger partial charge in [-0.05, 0) is 18.6 Å². The Bertz CT molecular complexity index is 381.